The third-order valence-electron chi connectivity index (χ3n) is 2.24. The van der Waals surface area contributed by atoms with Gasteiger partial charge in [-0.3, -0.25) is 4.79 Å². The number of hydrogen-bond acceptors (Lipinski definition) is 4. The molecule has 1 amide bonds. The Kier molecular flexibility index (Phi) is 3.00. The molecule has 0 saturated carbocycles. The molecular weight excluding hydrogens is 220 g/mol. The molecular formula is C12H12N2O3. The minimum atomic E-state index is -0.519. The SMILES string of the molecule is NC(=O)c1ccc(OCc2ccco2)c(N)c1. The number of carbonyl (C=O) groups excluding carboxylic acids is 1. The maximum absolute atomic E-state index is 10.9. The summed E-state index contributed by atoms with van der Waals surface area (Å²) in [7, 11) is 0. The van der Waals surface area contributed by atoms with Crippen molar-refractivity contribution in [2.24, 2.45) is 5.73 Å². The van der Waals surface area contributed by atoms with E-state index in [1.165, 1.54) is 6.07 Å². The van der Waals surface area contributed by atoms with Crippen LogP contribution in [0, 0.1) is 0 Å². The van der Waals surface area contributed by atoms with Crippen LogP contribution in [0.1, 0.15) is 16.1 Å². The molecule has 0 atom stereocenters. The Bertz CT molecular complexity index is 521. The Morgan fingerprint density at radius 1 is 1.35 bits per heavy atom. The molecule has 5 heteroatoms. The van der Waals surface area contributed by atoms with E-state index in [0.29, 0.717) is 22.8 Å². The molecule has 0 spiro atoms. The molecule has 0 aliphatic rings. The standard InChI is InChI=1S/C12H12N2O3/c13-10-6-8(12(14)15)3-4-11(10)17-7-9-2-1-5-16-9/h1-6H,7,13H2,(H2,14,15). The quantitative estimate of drug-likeness (QED) is 0.782. The molecule has 2 aromatic rings. The van der Waals surface area contributed by atoms with Gasteiger partial charge < -0.3 is 20.6 Å². The predicted octanol–water partition coefficient (Wildman–Crippen LogP) is 1.54. The summed E-state index contributed by atoms with van der Waals surface area (Å²) >= 11 is 0. The summed E-state index contributed by atoms with van der Waals surface area (Å²) in [6.45, 7) is 0.285. The van der Waals surface area contributed by atoms with Gasteiger partial charge in [0, 0.05) is 5.56 Å². The van der Waals surface area contributed by atoms with Crippen LogP contribution in [0.2, 0.25) is 0 Å². The van der Waals surface area contributed by atoms with Crippen molar-refractivity contribution in [2.75, 3.05) is 5.73 Å². The fourth-order valence-corrected chi connectivity index (χ4v) is 1.38. The van der Waals surface area contributed by atoms with Crippen LogP contribution < -0.4 is 16.2 Å². The number of amides is 1. The molecule has 1 aromatic heterocycles. The van der Waals surface area contributed by atoms with Gasteiger partial charge in [0.2, 0.25) is 5.91 Å². The summed E-state index contributed by atoms with van der Waals surface area (Å²) < 4.78 is 10.6. The average Bonchev–Trinajstić information content (AvgIpc) is 2.80. The summed E-state index contributed by atoms with van der Waals surface area (Å²) in [5, 5.41) is 0. The number of furan rings is 1. The molecule has 0 fully saturated rings. The lowest BCUT2D eigenvalue weighted by atomic mass is 10.2. The molecule has 0 bridgehead atoms. The predicted molar refractivity (Wildman–Crippen MR) is 62.4 cm³/mol. The van der Waals surface area contributed by atoms with Crippen molar-refractivity contribution in [1.29, 1.82) is 0 Å². The fraction of sp³-hybridized carbons (Fsp3) is 0.0833. The highest BCUT2D eigenvalue weighted by Gasteiger charge is 2.06. The van der Waals surface area contributed by atoms with Crippen LogP contribution in [0.15, 0.2) is 41.0 Å². The molecule has 0 unspecified atom stereocenters. The number of primary amides is 1. The summed E-state index contributed by atoms with van der Waals surface area (Å²) in [6, 6.07) is 8.24. The van der Waals surface area contributed by atoms with Crippen LogP contribution in [0.5, 0.6) is 5.75 Å². The van der Waals surface area contributed by atoms with Gasteiger partial charge in [0.05, 0.1) is 12.0 Å². The van der Waals surface area contributed by atoms with Crippen LogP contribution >= 0.6 is 0 Å². The van der Waals surface area contributed by atoms with Crippen LogP contribution in [-0.2, 0) is 6.61 Å². The average molecular weight is 232 g/mol. The minimum absolute atomic E-state index is 0.285. The number of benzene rings is 1. The molecule has 0 aliphatic carbocycles. The molecule has 5 nitrogen and oxygen atoms in total. The van der Waals surface area contributed by atoms with Gasteiger partial charge in [-0.2, -0.15) is 0 Å². The number of nitrogen functional groups attached to an aromatic ring is 1. The van der Waals surface area contributed by atoms with Gasteiger partial charge in [0.15, 0.2) is 0 Å². The highest BCUT2D eigenvalue weighted by molar-refractivity contribution is 5.94. The second-order valence-electron chi connectivity index (χ2n) is 3.48. The first-order chi connectivity index (χ1) is 8.16. The van der Waals surface area contributed by atoms with Crippen LogP contribution in [0.3, 0.4) is 0 Å². The van der Waals surface area contributed by atoms with Crippen molar-refractivity contribution in [3.8, 4) is 5.75 Å². The second kappa shape index (κ2) is 4.61. The maximum Gasteiger partial charge on any atom is 0.248 e. The van der Waals surface area contributed by atoms with Crippen molar-refractivity contribution in [3.63, 3.8) is 0 Å². The van der Waals surface area contributed by atoms with Gasteiger partial charge >= 0.3 is 0 Å². The molecule has 0 saturated heterocycles. The van der Waals surface area contributed by atoms with Gasteiger partial charge in [0.25, 0.3) is 0 Å². The molecule has 4 N–H and O–H groups in total. The smallest absolute Gasteiger partial charge is 0.248 e. The lowest BCUT2D eigenvalue weighted by Crippen LogP contribution is -2.11. The summed E-state index contributed by atoms with van der Waals surface area (Å²) in [5.74, 6) is 0.670. The first-order valence-corrected chi connectivity index (χ1v) is 5.01. The topological polar surface area (TPSA) is 91.5 Å². The van der Waals surface area contributed by atoms with Gasteiger partial charge in [-0.05, 0) is 30.3 Å². The minimum Gasteiger partial charge on any atom is -0.483 e. The summed E-state index contributed by atoms with van der Waals surface area (Å²) in [6.07, 6.45) is 1.57. The van der Waals surface area contributed by atoms with E-state index in [0.717, 1.165) is 0 Å². The van der Waals surface area contributed by atoms with Crippen LogP contribution in [0.25, 0.3) is 0 Å². The first kappa shape index (κ1) is 11.1. The Balaban J connectivity index is 2.09. The van der Waals surface area contributed by atoms with E-state index < -0.39 is 5.91 Å². The number of hydrogen-bond donors (Lipinski definition) is 2. The Morgan fingerprint density at radius 3 is 2.76 bits per heavy atom. The third-order valence-corrected chi connectivity index (χ3v) is 2.24. The number of rotatable bonds is 4. The summed E-state index contributed by atoms with van der Waals surface area (Å²) in [4.78, 5) is 10.9. The Hall–Kier alpha value is -2.43. The van der Waals surface area contributed by atoms with E-state index >= 15 is 0 Å². The zero-order chi connectivity index (χ0) is 12.3. The van der Waals surface area contributed by atoms with Crippen molar-refractivity contribution in [3.05, 3.63) is 47.9 Å². The molecule has 17 heavy (non-hydrogen) atoms. The Labute approximate surface area is 98.0 Å². The van der Waals surface area contributed by atoms with Gasteiger partial charge in [0.1, 0.15) is 18.1 Å². The van der Waals surface area contributed by atoms with Gasteiger partial charge in [-0.1, -0.05) is 0 Å². The zero-order valence-electron chi connectivity index (χ0n) is 9.05. The fourth-order valence-electron chi connectivity index (χ4n) is 1.38. The third kappa shape index (κ3) is 2.57. The van der Waals surface area contributed by atoms with Crippen LogP contribution in [-0.4, -0.2) is 5.91 Å². The second-order valence-corrected chi connectivity index (χ2v) is 3.48. The highest BCUT2D eigenvalue weighted by Crippen LogP contribution is 2.23. The van der Waals surface area contributed by atoms with E-state index in [2.05, 4.69) is 0 Å². The molecule has 0 aliphatic heterocycles. The lowest BCUT2D eigenvalue weighted by molar-refractivity contribution is 0.100. The maximum atomic E-state index is 10.9. The number of carbonyl (C=O) groups is 1. The Morgan fingerprint density at radius 2 is 2.18 bits per heavy atom. The van der Waals surface area contributed by atoms with E-state index in [9.17, 15) is 4.79 Å². The van der Waals surface area contributed by atoms with Crippen LogP contribution in [0.4, 0.5) is 5.69 Å². The molecule has 0 radical (unpaired) electrons. The van der Waals surface area contributed by atoms with E-state index in [-0.39, 0.29) is 6.61 Å². The summed E-state index contributed by atoms with van der Waals surface area (Å²) in [5.41, 5.74) is 11.6. The van der Waals surface area contributed by atoms with Gasteiger partial charge in [-0.15, -0.1) is 0 Å². The zero-order valence-corrected chi connectivity index (χ0v) is 9.05. The van der Waals surface area contributed by atoms with E-state index in [1.807, 2.05) is 0 Å². The van der Waals surface area contributed by atoms with E-state index in [4.69, 9.17) is 20.6 Å². The first-order valence-electron chi connectivity index (χ1n) is 5.01. The largest absolute Gasteiger partial charge is 0.483 e. The molecule has 2 rings (SSSR count). The van der Waals surface area contributed by atoms with E-state index in [1.54, 1.807) is 30.5 Å². The van der Waals surface area contributed by atoms with Crippen molar-refractivity contribution in [1.82, 2.24) is 0 Å². The molecule has 1 heterocycles. The number of anilines is 1. The van der Waals surface area contributed by atoms with Crippen molar-refractivity contribution in [2.45, 2.75) is 6.61 Å². The van der Waals surface area contributed by atoms with Crippen molar-refractivity contribution < 1.29 is 13.9 Å². The number of nitrogens with two attached hydrogens (primary N) is 2. The molecule has 1 aromatic carbocycles. The van der Waals surface area contributed by atoms with Crippen molar-refractivity contribution >= 4 is 11.6 Å². The van der Waals surface area contributed by atoms with Gasteiger partial charge in [-0.25, -0.2) is 0 Å². The lowest BCUT2D eigenvalue weighted by Gasteiger charge is -2.08. The normalized spacial score (nSPS) is 10.1. The highest BCUT2D eigenvalue weighted by atomic mass is 16.5. The molecule has 88 valence electrons. The number of ether oxygens (including phenoxy) is 1. The monoisotopic (exact) mass is 232 g/mol.